The van der Waals surface area contributed by atoms with E-state index in [2.05, 4.69) is 15.5 Å². The summed E-state index contributed by atoms with van der Waals surface area (Å²) >= 11 is 0. The number of amides is 2. The van der Waals surface area contributed by atoms with Gasteiger partial charge in [-0.2, -0.15) is 5.10 Å². The molecule has 1 aliphatic heterocycles. The van der Waals surface area contributed by atoms with Gasteiger partial charge in [-0.1, -0.05) is 6.07 Å². The molecule has 0 atom stereocenters. The van der Waals surface area contributed by atoms with Gasteiger partial charge < -0.3 is 15.7 Å². The van der Waals surface area contributed by atoms with E-state index < -0.39 is 6.09 Å². The zero-order valence-electron chi connectivity index (χ0n) is 11.4. The molecule has 4 N–H and O–H groups in total. The lowest BCUT2D eigenvalue weighted by Crippen LogP contribution is -2.42. The number of hydrogen-bond acceptors (Lipinski definition) is 4. The van der Waals surface area contributed by atoms with Gasteiger partial charge in [0, 0.05) is 25.2 Å². The van der Waals surface area contributed by atoms with Crippen molar-refractivity contribution in [3.05, 3.63) is 30.1 Å². The molecule has 1 aromatic rings. The minimum Gasteiger partial charge on any atom is -0.465 e. The summed E-state index contributed by atoms with van der Waals surface area (Å²) in [6.07, 6.45) is 1.60. The maximum atomic E-state index is 12.0. The van der Waals surface area contributed by atoms with E-state index in [1.54, 1.807) is 24.4 Å². The normalized spacial score (nSPS) is 16.6. The van der Waals surface area contributed by atoms with E-state index in [0.29, 0.717) is 31.6 Å². The summed E-state index contributed by atoms with van der Waals surface area (Å²) < 4.78 is 0. The number of carbonyl (C=O) groups excluding carboxylic acids is 1. The second-order valence-electron chi connectivity index (χ2n) is 4.73. The Hall–Kier alpha value is -2.64. The van der Waals surface area contributed by atoms with E-state index in [4.69, 9.17) is 10.8 Å². The van der Waals surface area contributed by atoms with Crippen molar-refractivity contribution in [3.63, 3.8) is 0 Å². The third kappa shape index (κ3) is 3.91. The average molecular weight is 291 g/mol. The Bertz CT molecular complexity index is 538. The Balaban J connectivity index is 1.87. The first kappa shape index (κ1) is 14.8. The molecular formula is C13H17N5O3. The fourth-order valence-electron chi connectivity index (χ4n) is 2.11. The highest BCUT2D eigenvalue weighted by molar-refractivity contribution is 5.96. The number of nitrogens with one attached hydrogen (secondary N) is 1. The van der Waals surface area contributed by atoms with Gasteiger partial charge in [0.1, 0.15) is 5.69 Å². The Morgan fingerprint density at radius 3 is 2.67 bits per heavy atom. The average Bonchev–Trinajstić information content (AvgIpc) is 2.53. The molecule has 0 aromatic carbocycles. The largest absolute Gasteiger partial charge is 0.465 e. The number of likely N-dealkylation sites (tertiary alicyclic amines) is 1. The maximum Gasteiger partial charge on any atom is 0.407 e. The van der Waals surface area contributed by atoms with Crippen LogP contribution < -0.4 is 11.2 Å². The minimum absolute atomic E-state index is 0.131. The molecule has 1 aromatic heterocycles. The molecule has 1 fully saturated rings. The van der Waals surface area contributed by atoms with Gasteiger partial charge in [0.05, 0.1) is 0 Å². The standard InChI is InChI=1S/C13H17N5O3/c14-11(10-3-1-2-6-15-10)16-17-12(19)9-4-7-18(8-5-9)13(20)21/h1-3,6,9H,4-5,7-8H2,(H2,14,16)(H,17,19)(H,20,21). The number of pyridine rings is 1. The molecule has 0 saturated carbocycles. The second-order valence-corrected chi connectivity index (χ2v) is 4.73. The highest BCUT2D eigenvalue weighted by atomic mass is 16.4. The zero-order valence-corrected chi connectivity index (χ0v) is 11.4. The maximum absolute atomic E-state index is 12.0. The molecule has 1 saturated heterocycles. The summed E-state index contributed by atoms with van der Waals surface area (Å²) in [5.41, 5.74) is 8.62. The predicted octanol–water partition coefficient (Wildman–Crippen LogP) is 0.208. The van der Waals surface area contributed by atoms with E-state index in [0.717, 1.165) is 0 Å². The molecular weight excluding hydrogens is 274 g/mol. The van der Waals surface area contributed by atoms with Crippen LogP contribution in [0.4, 0.5) is 4.79 Å². The van der Waals surface area contributed by atoms with Crippen LogP contribution in [0.2, 0.25) is 0 Å². The molecule has 21 heavy (non-hydrogen) atoms. The van der Waals surface area contributed by atoms with Crippen LogP contribution in [0.25, 0.3) is 0 Å². The number of aromatic nitrogens is 1. The minimum atomic E-state index is -0.953. The van der Waals surface area contributed by atoms with Crippen molar-refractivity contribution < 1.29 is 14.7 Å². The number of nitrogens with two attached hydrogens (primary N) is 1. The Labute approximate surface area is 121 Å². The van der Waals surface area contributed by atoms with Crippen molar-refractivity contribution in [2.75, 3.05) is 13.1 Å². The molecule has 1 aliphatic rings. The van der Waals surface area contributed by atoms with Crippen molar-refractivity contribution in [1.82, 2.24) is 15.3 Å². The van der Waals surface area contributed by atoms with Crippen LogP contribution in [-0.4, -0.2) is 45.9 Å². The molecule has 0 aliphatic carbocycles. The van der Waals surface area contributed by atoms with Gasteiger partial charge in [-0.15, -0.1) is 0 Å². The number of hydrogen-bond donors (Lipinski definition) is 3. The van der Waals surface area contributed by atoms with Crippen molar-refractivity contribution in [2.24, 2.45) is 16.8 Å². The van der Waals surface area contributed by atoms with Gasteiger partial charge in [0.25, 0.3) is 0 Å². The van der Waals surface area contributed by atoms with E-state index >= 15 is 0 Å². The molecule has 2 rings (SSSR count). The number of hydrazone groups is 1. The van der Waals surface area contributed by atoms with Crippen molar-refractivity contribution in [2.45, 2.75) is 12.8 Å². The quantitative estimate of drug-likeness (QED) is 0.417. The number of amidine groups is 1. The summed E-state index contributed by atoms with van der Waals surface area (Å²) in [5.74, 6) is -0.369. The summed E-state index contributed by atoms with van der Waals surface area (Å²) in [6, 6.07) is 5.22. The van der Waals surface area contributed by atoms with Crippen LogP contribution in [-0.2, 0) is 4.79 Å². The predicted molar refractivity (Wildman–Crippen MR) is 75.4 cm³/mol. The Kier molecular flexibility index (Phi) is 4.70. The lowest BCUT2D eigenvalue weighted by molar-refractivity contribution is -0.126. The SMILES string of the molecule is NC(=NNC(=O)C1CCN(C(=O)O)CC1)c1ccccn1. The second kappa shape index (κ2) is 6.69. The fraction of sp³-hybridized carbons (Fsp3) is 0.385. The van der Waals surface area contributed by atoms with Crippen LogP contribution in [0.1, 0.15) is 18.5 Å². The summed E-state index contributed by atoms with van der Waals surface area (Å²) in [4.78, 5) is 28.1. The van der Waals surface area contributed by atoms with Crippen molar-refractivity contribution >= 4 is 17.8 Å². The van der Waals surface area contributed by atoms with E-state index in [1.807, 2.05) is 0 Å². The number of rotatable bonds is 3. The first-order chi connectivity index (χ1) is 10.1. The first-order valence-corrected chi connectivity index (χ1v) is 6.60. The van der Waals surface area contributed by atoms with Crippen LogP contribution in [0.5, 0.6) is 0 Å². The molecule has 0 bridgehead atoms. The number of carboxylic acid groups (broad SMARTS) is 1. The highest BCUT2D eigenvalue weighted by Gasteiger charge is 2.26. The van der Waals surface area contributed by atoms with E-state index in [1.165, 1.54) is 4.90 Å². The molecule has 8 heteroatoms. The van der Waals surface area contributed by atoms with Gasteiger partial charge in [-0.05, 0) is 25.0 Å². The lowest BCUT2D eigenvalue weighted by Gasteiger charge is -2.28. The number of nitrogens with zero attached hydrogens (tertiary/aromatic N) is 3. The smallest absolute Gasteiger partial charge is 0.407 e. The lowest BCUT2D eigenvalue weighted by atomic mass is 9.96. The van der Waals surface area contributed by atoms with Crippen LogP contribution in [0.15, 0.2) is 29.5 Å². The Morgan fingerprint density at radius 2 is 2.10 bits per heavy atom. The van der Waals surface area contributed by atoms with Crippen LogP contribution in [0.3, 0.4) is 0 Å². The van der Waals surface area contributed by atoms with Crippen molar-refractivity contribution in [3.8, 4) is 0 Å². The van der Waals surface area contributed by atoms with Gasteiger partial charge in [0.15, 0.2) is 5.84 Å². The van der Waals surface area contributed by atoms with Gasteiger partial charge in [0.2, 0.25) is 5.91 Å². The monoisotopic (exact) mass is 291 g/mol. The van der Waals surface area contributed by atoms with E-state index in [9.17, 15) is 9.59 Å². The van der Waals surface area contributed by atoms with Crippen LogP contribution in [0, 0.1) is 5.92 Å². The first-order valence-electron chi connectivity index (χ1n) is 6.60. The van der Waals surface area contributed by atoms with Gasteiger partial charge >= 0.3 is 6.09 Å². The summed E-state index contributed by atoms with van der Waals surface area (Å²) in [5, 5.41) is 12.7. The molecule has 2 amide bonds. The highest BCUT2D eigenvalue weighted by Crippen LogP contribution is 2.17. The summed E-state index contributed by atoms with van der Waals surface area (Å²) in [7, 11) is 0. The molecule has 0 spiro atoms. The van der Waals surface area contributed by atoms with Gasteiger partial charge in [-0.25, -0.2) is 10.2 Å². The number of carbonyl (C=O) groups is 2. The van der Waals surface area contributed by atoms with E-state index in [-0.39, 0.29) is 17.7 Å². The van der Waals surface area contributed by atoms with Gasteiger partial charge in [-0.3, -0.25) is 9.78 Å². The topological polar surface area (TPSA) is 121 Å². The molecule has 0 unspecified atom stereocenters. The molecule has 112 valence electrons. The molecule has 8 nitrogen and oxygen atoms in total. The number of piperidine rings is 1. The third-order valence-corrected chi connectivity index (χ3v) is 3.35. The molecule has 0 radical (unpaired) electrons. The van der Waals surface area contributed by atoms with Crippen molar-refractivity contribution in [1.29, 1.82) is 0 Å². The molecule has 2 heterocycles. The Morgan fingerprint density at radius 1 is 1.38 bits per heavy atom. The zero-order chi connectivity index (χ0) is 15.2. The fourth-order valence-corrected chi connectivity index (χ4v) is 2.11. The summed E-state index contributed by atoms with van der Waals surface area (Å²) in [6.45, 7) is 0.708. The third-order valence-electron chi connectivity index (χ3n) is 3.35. The van der Waals surface area contributed by atoms with Crippen LogP contribution >= 0.6 is 0 Å².